The van der Waals surface area contributed by atoms with Crippen LogP contribution in [0.4, 0.5) is 0 Å². The SMILES string of the molecule is O=C(C1CC2CC2C1)N1CCCCCCC1. The van der Waals surface area contributed by atoms with Crippen molar-refractivity contribution in [2.45, 2.75) is 51.4 Å². The van der Waals surface area contributed by atoms with E-state index in [2.05, 4.69) is 4.90 Å². The summed E-state index contributed by atoms with van der Waals surface area (Å²) in [5.41, 5.74) is 0. The Hall–Kier alpha value is -0.530. The second kappa shape index (κ2) is 4.38. The van der Waals surface area contributed by atoms with Gasteiger partial charge in [0, 0.05) is 19.0 Å². The van der Waals surface area contributed by atoms with Crippen LogP contribution in [-0.2, 0) is 4.79 Å². The summed E-state index contributed by atoms with van der Waals surface area (Å²) >= 11 is 0. The molecule has 0 aromatic heterocycles. The quantitative estimate of drug-likeness (QED) is 0.666. The third kappa shape index (κ3) is 2.11. The van der Waals surface area contributed by atoms with E-state index in [0.29, 0.717) is 11.8 Å². The highest BCUT2D eigenvalue weighted by Gasteiger charge is 2.48. The summed E-state index contributed by atoms with van der Waals surface area (Å²) in [7, 11) is 0. The highest BCUT2D eigenvalue weighted by Crippen LogP contribution is 2.54. The van der Waals surface area contributed by atoms with E-state index in [1.807, 2.05) is 0 Å². The van der Waals surface area contributed by atoms with Crippen molar-refractivity contribution >= 4 is 5.91 Å². The van der Waals surface area contributed by atoms with E-state index in [1.165, 1.54) is 51.4 Å². The van der Waals surface area contributed by atoms with Crippen molar-refractivity contribution < 1.29 is 4.79 Å². The smallest absolute Gasteiger partial charge is 0.225 e. The molecule has 2 heteroatoms. The van der Waals surface area contributed by atoms with Crippen molar-refractivity contribution in [3.63, 3.8) is 0 Å². The van der Waals surface area contributed by atoms with Crippen molar-refractivity contribution in [3.05, 3.63) is 0 Å². The van der Waals surface area contributed by atoms with Gasteiger partial charge in [-0.1, -0.05) is 19.3 Å². The summed E-state index contributed by atoms with van der Waals surface area (Å²) in [5.74, 6) is 2.77. The number of fused-ring (bicyclic) bond motifs is 1. The first-order chi connectivity index (χ1) is 7.84. The van der Waals surface area contributed by atoms with Gasteiger partial charge in [0.2, 0.25) is 5.91 Å². The Balaban J connectivity index is 1.55. The minimum absolute atomic E-state index is 0.406. The normalized spacial score (nSPS) is 38.8. The molecule has 0 aromatic rings. The van der Waals surface area contributed by atoms with Gasteiger partial charge in [0.05, 0.1) is 0 Å². The van der Waals surface area contributed by atoms with Crippen molar-refractivity contribution in [1.29, 1.82) is 0 Å². The molecule has 1 saturated heterocycles. The summed E-state index contributed by atoms with van der Waals surface area (Å²) in [6.45, 7) is 2.06. The monoisotopic (exact) mass is 221 g/mol. The topological polar surface area (TPSA) is 20.3 Å². The minimum atomic E-state index is 0.406. The van der Waals surface area contributed by atoms with Crippen molar-refractivity contribution in [2.24, 2.45) is 17.8 Å². The van der Waals surface area contributed by atoms with E-state index in [9.17, 15) is 4.79 Å². The van der Waals surface area contributed by atoms with Gasteiger partial charge in [-0.05, 0) is 43.9 Å². The zero-order valence-corrected chi connectivity index (χ0v) is 10.2. The van der Waals surface area contributed by atoms with E-state index in [0.717, 1.165) is 24.9 Å². The van der Waals surface area contributed by atoms with Crippen LogP contribution in [0.25, 0.3) is 0 Å². The van der Waals surface area contributed by atoms with Gasteiger partial charge in [0.1, 0.15) is 0 Å². The lowest BCUT2D eigenvalue weighted by atomic mass is 10.0. The predicted octanol–water partition coefficient (Wildman–Crippen LogP) is 2.83. The number of nitrogens with zero attached hydrogens (tertiary/aromatic N) is 1. The number of carbonyl (C=O) groups excluding carboxylic acids is 1. The van der Waals surface area contributed by atoms with Gasteiger partial charge in [-0.25, -0.2) is 0 Å². The maximum atomic E-state index is 12.4. The zero-order chi connectivity index (χ0) is 11.0. The molecule has 2 nitrogen and oxygen atoms in total. The molecule has 0 aromatic carbocycles. The lowest BCUT2D eigenvalue weighted by molar-refractivity contribution is -0.136. The van der Waals surface area contributed by atoms with Gasteiger partial charge in [0.15, 0.2) is 0 Å². The number of carbonyl (C=O) groups is 1. The largest absolute Gasteiger partial charge is 0.342 e. The van der Waals surface area contributed by atoms with Crippen molar-refractivity contribution in [1.82, 2.24) is 4.90 Å². The summed E-state index contributed by atoms with van der Waals surface area (Å²) in [6.07, 6.45) is 10.3. The molecular weight excluding hydrogens is 198 g/mol. The molecule has 3 fully saturated rings. The Kier molecular flexibility index (Phi) is 2.91. The average Bonchev–Trinajstić information content (AvgIpc) is 2.84. The molecule has 3 aliphatic rings. The Labute approximate surface area is 98.4 Å². The molecule has 0 bridgehead atoms. The van der Waals surface area contributed by atoms with Crippen LogP contribution in [0.1, 0.15) is 51.4 Å². The molecule has 0 N–H and O–H groups in total. The van der Waals surface area contributed by atoms with Crippen LogP contribution in [0, 0.1) is 17.8 Å². The summed E-state index contributed by atoms with van der Waals surface area (Å²) in [6, 6.07) is 0. The van der Waals surface area contributed by atoms with Gasteiger partial charge in [-0.2, -0.15) is 0 Å². The summed E-state index contributed by atoms with van der Waals surface area (Å²) < 4.78 is 0. The first kappa shape index (κ1) is 10.6. The average molecular weight is 221 g/mol. The second-order valence-corrected chi connectivity index (χ2v) is 6.02. The molecule has 1 amide bonds. The zero-order valence-electron chi connectivity index (χ0n) is 10.2. The van der Waals surface area contributed by atoms with Crippen LogP contribution in [0.3, 0.4) is 0 Å². The Morgan fingerprint density at radius 3 is 2.00 bits per heavy atom. The lowest BCUT2D eigenvalue weighted by Crippen LogP contribution is -2.37. The number of amides is 1. The van der Waals surface area contributed by atoms with E-state index >= 15 is 0 Å². The van der Waals surface area contributed by atoms with E-state index in [4.69, 9.17) is 0 Å². The van der Waals surface area contributed by atoms with E-state index in [1.54, 1.807) is 0 Å². The van der Waals surface area contributed by atoms with Crippen LogP contribution >= 0.6 is 0 Å². The molecule has 90 valence electrons. The number of likely N-dealkylation sites (tertiary alicyclic amines) is 1. The fourth-order valence-corrected chi connectivity index (χ4v) is 3.64. The van der Waals surface area contributed by atoms with Gasteiger partial charge in [-0.15, -0.1) is 0 Å². The molecule has 1 heterocycles. The van der Waals surface area contributed by atoms with E-state index < -0.39 is 0 Å². The third-order valence-corrected chi connectivity index (χ3v) is 4.76. The third-order valence-electron chi connectivity index (χ3n) is 4.76. The Morgan fingerprint density at radius 1 is 0.812 bits per heavy atom. The molecule has 2 aliphatic carbocycles. The maximum absolute atomic E-state index is 12.4. The maximum Gasteiger partial charge on any atom is 0.225 e. The van der Waals surface area contributed by atoms with E-state index in [-0.39, 0.29) is 0 Å². The minimum Gasteiger partial charge on any atom is -0.342 e. The highest BCUT2D eigenvalue weighted by molar-refractivity contribution is 5.79. The van der Waals surface area contributed by atoms with Gasteiger partial charge in [-0.3, -0.25) is 4.79 Å². The van der Waals surface area contributed by atoms with Crippen LogP contribution in [-0.4, -0.2) is 23.9 Å². The van der Waals surface area contributed by atoms with Crippen LogP contribution in [0.5, 0.6) is 0 Å². The number of rotatable bonds is 1. The fourth-order valence-electron chi connectivity index (χ4n) is 3.64. The summed E-state index contributed by atoms with van der Waals surface area (Å²) in [4.78, 5) is 14.5. The molecule has 3 rings (SSSR count). The molecule has 1 aliphatic heterocycles. The van der Waals surface area contributed by atoms with Gasteiger partial charge >= 0.3 is 0 Å². The second-order valence-electron chi connectivity index (χ2n) is 6.02. The van der Waals surface area contributed by atoms with Crippen LogP contribution in [0.15, 0.2) is 0 Å². The molecule has 2 atom stereocenters. The predicted molar refractivity (Wildman–Crippen MR) is 64.0 cm³/mol. The molecule has 0 radical (unpaired) electrons. The molecule has 0 spiro atoms. The Bertz CT molecular complexity index is 258. The first-order valence-electron chi connectivity index (χ1n) is 7.13. The van der Waals surface area contributed by atoms with Crippen LogP contribution < -0.4 is 0 Å². The number of hydrogen-bond acceptors (Lipinski definition) is 1. The van der Waals surface area contributed by atoms with Crippen LogP contribution in [0.2, 0.25) is 0 Å². The molecule has 16 heavy (non-hydrogen) atoms. The highest BCUT2D eigenvalue weighted by atomic mass is 16.2. The molecular formula is C14H23NO. The van der Waals surface area contributed by atoms with Crippen molar-refractivity contribution in [2.75, 3.05) is 13.1 Å². The number of hydrogen-bond donors (Lipinski definition) is 0. The first-order valence-corrected chi connectivity index (χ1v) is 7.13. The molecule has 2 unspecified atom stereocenters. The Morgan fingerprint density at radius 2 is 1.38 bits per heavy atom. The van der Waals surface area contributed by atoms with Gasteiger partial charge < -0.3 is 4.90 Å². The summed E-state index contributed by atoms with van der Waals surface area (Å²) in [5, 5.41) is 0. The fraction of sp³-hybridized carbons (Fsp3) is 0.929. The lowest BCUT2D eigenvalue weighted by Gasteiger charge is -2.27. The van der Waals surface area contributed by atoms with Crippen molar-refractivity contribution in [3.8, 4) is 0 Å². The van der Waals surface area contributed by atoms with Gasteiger partial charge in [0.25, 0.3) is 0 Å². The molecule has 2 saturated carbocycles. The standard InChI is InChI=1S/C14H23NO/c16-14(13-9-11-8-12(11)10-13)15-6-4-2-1-3-5-7-15/h11-13H,1-10H2.